The molecule has 0 aliphatic rings. The number of rotatable bonds is 8. The number of hydrogen-bond donors (Lipinski definition) is 2. The molecule has 0 saturated heterocycles. The van der Waals surface area contributed by atoms with Crippen LogP contribution in [0.4, 0.5) is 5.82 Å². The first-order valence-electron chi connectivity index (χ1n) is 7.27. The van der Waals surface area contributed by atoms with Crippen molar-refractivity contribution in [3.8, 4) is 5.88 Å². The highest BCUT2D eigenvalue weighted by Crippen LogP contribution is 2.25. The summed E-state index contributed by atoms with van der Waals surface area (Å²) < 4.78 is 11.2. The van der Waals surface area contributed by atoms with Crippen molar-refractivity contribution in [2.24, 2.45) is 0 Å². The molecule has 118 valence electrons. The van der Waals surface area contributed by atoms with Crippen LogP contribution in [-0.4, -0.2) is 36.8 Å². The Labute approximate surface area is 135 Å². The maximum absolute atomic E-state index is 5.67. The number of anilines is 1. The molecule has 0 spiro atoms. The Morgan fingerprint density at radius 2 is 2.05 bits per heavy atom. The molecule has 5 nitrogen and oxygen atoms in total. The second kappa shape index (κ2) is 8.51. The van der Waals surface area contributed by atoms with E-state index in [1.807, 2.05) is 25.1 Å². The van der Waals surface area contributed by atoms with Crippen LogP contribution < -0.4 is 10.1 Å². The van der Waals surface area contributed by atoms with E-state index in [0.717, 1.165) is 11.4 Å². The lowest BCUT2D eigenvalue weighted by Crippen LogP contribution is -2.13. The first-order chi connectivity index (χ1) is 10.7. The molecule has 0 aliphatic carbocycles. The molecule has 1 aromatic carbocycles. The van der Waals surface area contributed by atoms with Gasteiger partial charge in [-0.1, -0.05) is 30.3 Å². The fraction of sp³-hybridized carbons (Fsp3) is 0.375. The molecule has 2 rings (SSSR count). The van der Waals surface area contributed by atoms with Gasteiger partial charge in [0.05, 0.1) is 18.8 Å². The summed E-state index contributed by atoms with van der Waals surface area (Å²) >= 11 is 5.19. The maximum Gasteiger partial charge on any atom is 0.223 e. The van der Waals surface area contributed by atoms with Gasteiger partial charge in [0.25, 0.3) is 0 Å². The van der Waals surface area contributed by atoms with Gasteiger partial charge in [0, 0.05) is 20.1 Å². The average Bonchev–Trinajstić information content (AvgIpc) is 2.52. The molecule has 0 fully saturated rings. The van der Waals surface area contributed by atoms with Crippen molar-refractivity contribution in [2.75, 3.05) is 32.2 Å². The molecule has 0 radical (unpaired) electrons. The van der Waals surface area contributed by atoms with Crippen molar-refractivity contribution in [2.45, 2.75) is 13.3 Å². The van der Waals surface area contributed by atoms with Crippen LogP contribution in [0.15, 0.2) is 30.3 Å². The number of ether oxygens (including phenoxy) is 2. The Bertz CT molecular complexity index is 644. The fourth-order valence-electron chi connectivity index (χ4n) is 2.13. The van der Waals surface area contributed by atoms with E-state index in [4.69, 9.17) is 21.7 Å². The molecule has 6 heteroatoms. The molecule has 2 N–H and O–H groups in total. The summed E-state index contributed by atoms with van der Waals surface area (Å²) in [5.74, 6) is 1.42. The largest absolute Gasteiger partial charge is 0.478 e. The first kappa shape index (κ1) is 16.5. The van der Waals surface area contributed by atoms with Gasteiger partial charge < -0.3 is 19.8 Å². The van der Waals surface area contributed by atoms with Crippen LogP contribution in [0, 0.1) is 4.77 Å². The quantitative estimate of drug-likeness (QED) is 0.578. The van der Waals surface area contributed by atoms with Crippen LogP contribution in [0.3, 0.4) is 0 Å². The van der Waals surface area contributed by atoms with E-state index in [0.29, 0.717) is 36.8 Å². The molecule has 0 atom stereocenters. The smallest absolute Gasteiger partial charge is 0.223 e. The number of benzene rings is 1. The first-order valence-corrected chi connectivity index (χ1v) is 7.68. The number of H-pyrrole nitrogens is 1. The molecule has 1 heterocycles. The molecule has 0 saturated carbocycles. The minimum Gasteiger partial charge on any atom is -0.478 e. The molecule has 22 heavy (non-hydrogen) atoms. The molecular formula is C16H21N3O2S. The zero-order valence-electron chi connectivity index (χ0n) is 12.9. The molecule has 0 bridgehead atoms. The SMILES string of the molecule is CCOc1nc(=S)[nH]c(NCCOC)c1Cc1ccccc1. The second-order valence-corrected chi connectivity index (χ2v) is 5.10. The lowest BCUT2D eigenvalue weighted by atomic mass is 10.1. The predicted octanol–water partition coefficient (Wildman–Crippen LogP) is 3.19. The third-order valence-electron chi connectivity index (χ3n) is 3.11. The molecule has 0 amide bonds. The van der Waals surface area contributed by atoms with Crippen LogP contribution in [0.25, 0.3) is 0 Å². The van der Waals surface area contributed by atoms with Crippen LogP contribution in [0.2, 0.25) is 0 Å². The fourth-order valence-corrected chi connectivity index (χ4v) is 2.31. The standard InChI is InChI=1S/C16H21N3O2S/c1-3-21-15-13(11-12-7-5-4-6-8-12)14(17-9-10-20-2)18-16(22)19-15/h4-8H,3,9-11H2,1-2H3,(H2,17,18,19,22). The van der Waals surface area contributed by atoms with Crippen molar-refractivity contribution < 1.29 is 9.47 Å². The molecule has 1 aromatic heterocycles. The lowest BCUT2D eigenvalue weighted by molar-refractivity contribution is 0.210. The van der Waals surface area contributed by atoms with E-state index < -0.39 is 0 Å². The highest BCUT2D eigenvalue weighted by atomic mass is 32.1. The minimum absolute atomic E-state index is 0.403. The number of nitrogens with one attached hydrogen (secondary N) is 2. The van der Waals surface area contributed by atoms with E-state index in [1.165, 1.54) is 5.56 Å². The summed E-state index contributed by atoms with van der Waals surface area (Å²) in [6.45, 7) is 3.77. The molecular weight excluding hydrogens is 298 g/mol. The average molecular weight is 319 g/mol. The van der Waals surface area contributed by atoms with Gasteiger partial charge in [0.15, 0.2) is 0 Å². The Balaban J connectivity index is 2.35. The van der Waals surface area contributed by atoms with Gasteiger partial charge >= 0.3 is 0 Å². The third-order valence-corrected chi connectivity index (χ3v) is 3.30. The Kier molecular flexibility index (Phi) is 6.36. The lowest BCUT2D eigenvalue weighted by Gasteiger charge is -2.15. The van der Waals surface area contributed by atoms with Crippen LogP contribution in [0.1, 0.15) is 18.1 Å². The van der Waals surface area contributed by atoms with Gasteiger partial charge in [-0.2, -0.15) is 4.98 Å². The minimum atomic E-state index is 0.403. The Morgan fingerprint density at radius 3 is 2.73 bits per heavy atom. The van der Waals surface area contributed by atoms with E-state index in [-0.39, 0.29) is 0 Å². The number of methoxy groups -OCH3 is 1. The summed E-state index contributed by atoms with van der Waals surface area (Å²) in [7, 11) is 1.67. The van der Waals surface area contributed by atoms with Gasteiger partial charge in [-0.05, 0) is 24.7 Å². The van der Waals surface area contributed by atoms with E-state index in [9.17, 15) is 0 Å². The van der Waals surface area contributed by atoms with Gasteiger partial charge in [0.1, 0.15) is 5.82 Å². The van der Waals surface area contributed by atoms with Gasteiger partial charge in [-0.25, -0.2) is 0 Å². The predicted molar refractivity (Wildman–Crippen MR) is 90.2 cm³/mol. The van der Waals surface area contributed by atoms with Crippen LogP contribution in [0.5, 0.6) is 5.88 Å². The van der Waals surface area contributed by atoms with E-state index in [1.54, 1.807) is 7.11 Å². The van der Waals surface area contributed by atoms with Crippen LogP contribution in [-0.2, 0) is 11.2 Å². The number of aromatic nitrogens is 2. The van der Waals surface area contributed by atoms with Gasteiger partial charge in [0.2, 0.25) is 10.7 Å². The molecule has 0 aliphatic heterocycles. The maximum atomic E-state index is 5.67. The monoisotopic (exact) mass is 319 g/mol. The molecule has 2 aromatic rings. The number of nitrogens with zero attached hydrogens (tertiary/aromatic N) is 1. The Morgan fingerprint density at radius 1 is 1.27 bits per heavy atom. The van der Waals surface area contributed by atoms with Gasteiger partial charge in [-0.3, -0.25) is 0 Å². The molecule has 0 unspecified atom stereocenters. The highest BCUT2D eigenvalue weighted by Gasteiger charge is 2.13. The highest BCUT2D eigenvalue weighted by molar-refractivity contribution is 7.71. The summed E-state index contributed by atoms with van der Waals surface area (Å²) in [6, 6.07) is 10.2. The Hall–Kier alpha value is -1.92. The van der Waals surface area contributed by atoms with Crippen molar-refractivity contribution in [3.05, 3.63) is 46.2 Å². The van der Waals surface area contributed by atoms with E-state index >= 15 is 0 Å². The van der Waals surface area contributed by atoms with Crippen molar-refractivity contribution >= 4 is 18.0 Å². The van der Waals surface area contributed by atoms with E-state index in [2.05, 4.69) is 27.4 Å². The summed E-state index contributed by atoms with van der Waals surface area (Å²) in [6.07, 6.45) is 0.713. The summed E-state index contributed by atoms with van der Waals surface area (Å²) in [5.41, 5.74) is 2.16. The summed E-state index contributed by atoms with van der Waals surface area (Å²) in [5, 5.41) is 3.31. The van der Waals surface area contributed by atoms with Gasteiger partial charge in [-0.15, -0.1) is 0 Å². The topological polar surface area (TPSA) is 59.2 Å². The summed E-state index contributed by atoms with van der Waals surface area (Å²) in [4.78, 5) is 7.42. The zero-order valence-corrected chi connectivity index (χ0v) is 13.7. The normalized spacial score (nSPS) is 10.5. The second-order valence-electron chi connectivity index (χ2n) is 4.72. The number of hydrogen-bond acceptors (Lipinski definition) is 5. The van der Waals surface area contributed by atoms with Crippen molar-refractivity contribution in [1.29, 1.82) is 0 Å². The number of aromatic amines is 1. The third kappa shape index (κ3) is 4.54. The van der Waals surface area contributed by atoms with Crippen molar-refractivity contribution in [3.63, 3.8) is 0 Å². The van der Waals surface area contributed by atoms with Crippen molar-refractivity contribution in [1.82, 2.24) is 9.97 Å². The van der Waals surface area contributed by atoms with Crippen LogP contribution >= 0.6 is 12.2 Å². The zero-order chi connectivity index (χ0) is 15.8.